The van der Waals surface area contributed by atoms with E-state index in [1.54, 1.807) is 6.08 Å². The van der Waals surface area contributed by atoms with E-state index < -0.39 is 5.54 Å². The molecular formula is C12H17NO3. The topological polar surface area (TPSA) is 60.2 Å². The van der Waals surface area contributed by atoms with Gasteiger partial charge in [-0.2, -0.15) is 0 Å². The Kier molecular flexibility index (Phi) is 3.08. The van der Waals surface area contributed by atoms with Crippen molar-refractivity contribution in [2.24, 2.45) is 5.92 Å². The molecule has 4 nitrogen and oxygen atoms in total. The van der Waals surface area contributed by atoms with Crippen LogP contribution in [0.1, 0.15) is 44.9 Å². The average molecular weight is 223 g/mol. The first-order chi connectivity index (χ1) is 7.65. The summed E-state index contributed by atoms with van der Waals surface area (Å²) in [7, 11) is 0. The van der Waals surface area contributed by atoms with E-state index in [0.29, 0.717) is 19.3 Å². The molecule has 1 saturated carbocycles. The molecular weight excluding hydrogens is 206 g/mol. The number of nitro groups is 1. The molecule has 0 N–H and O–H groups in total. The van der Waals surface area contributed by atoms with Crippen LogP contribution >= 0.6 is 0 Å². The minimum absolute atomic E-state index is 0.0831. The van der Waals surface area contributed by atoms with Crippen molar-refractivity contribution < 1.29 is 9.72 Å². The van der Waals surface area contributed by atoms with E-state index in [-0.39, 0.29) is 16.6 Å². The molecule has 0 aromatic rings. The number of ketones is 1. The van der Waals surface area contributed by atoms with Crippen LogP contribution in [0.5, 0.6) is 0 Å². The average Bonchev–Trinajstić information content (AvgIpc) is 2.30. The maximum Gasteiger partial charge on any atom is 0.243 e. The molecule has 2 rings (SSSR count). The Hall–Kier alpha value is -1.19. The first kappa shape index (κ1) is 11.3. The summed E-state index contributed by atoms with van der Waals surface area (Å²) in [6.07, 6.45) is 8.67. The quantitative estimate of drug-likeness (QED) is 0.410. The van der Waals surface area contributed by atoms with Crippen molar-refractivity contribution in [1.82, 2.24) is 0 Å². The second-order valence-corrected chi connectivity index (χ2v) is 4.87. The fourth-order valence-electron chi connectivity index (χ4n) is 2.97. The smallest absolute Gasteiger partial charge is 0.243 e. The normalized spacial score (nSPS) is 35.0. The van der Waals surface area contributed by atoms with E-state index in [9.17, 15) is 14.9 Å². The van der Waals surface area contributed by atoms with Crippen LogP contribution in [-0.2, 0) is 4.79 Å². The monoisotopic (exact) mass is 223 g/mol. The van der Waals surface area contributed by atoms with Gasteiger partial charge in [0.05, 0.1) is 0 Å². The Morgan fingerprint density at radius 1 is 1.44 bits per heavy atom. The predicted octanol–water partition coefficient (Wildman–Crippen LogP) is 2.50. The van der Waals surface area contributed by atoms with Crippen LogP contribution in [0.2, 0.25) is 0 Å². The predicted molar refractivity (Wildman–Crippen MR) is 59.7 cm³/mol. The van der Waals surface area contributed by atoms with Crippen molar-refractivity contribution >= 4 is 5.78 Å². The summed E-state index contributed by atoms with van der Waals surface area (Å²) in [5.74, 6) is 0.108. The summed E-state index contributed by atoms with van der Waals surface area (Å²) in [5, 5.41) is 11.3. The number of allylic oxidation sites excluding steroid dienone is 1. The zero-order valence-electron chi connectivity index (χ0n) is 9.35. The van der Waals surface area contributed by atoms with Crippen molar-refractivity contribution in [3.8, 4) is 0 Å². The highest BCUT2D eigenvalue weighted by atomic mass is 16.6. The van der Waals surface area contributed by atoms with Gasteiger partial charge in [-0.25, -0.2) is 0 Å². The van der Waals surface area contributed by atoms with Crippen molar-refractivity contribution in [3.63, 3.8) is 0 Å². The molecule has 0 spiro atoms. The second-order valence-electron chi connectivity index (χ2n) is 4.87. The first-order valence-electron chi connectivity index (χ1n) is 5.99. The van der Waals surface area contributed by atoms with Gasteiger partial charge in [0.25, 0.3) is 0 Å². The maximum absolute atomic E-state index is 11.4. The summed E-state index contributed by atoms with van der Waals surface area (Å²) in [6.45, 7) is 0. The lowest BCUT2D eigenvalue weighted by Gasteiger charge is -2.34. The number of Topliss-reactive ketones (excluding diaryl/α,β-unsaturated/α-hetero) is 1. The Morgan fingerprint density at radius 2 is 2.25 bits per heavy atom. The van der Waals surface area contributed by atoms with Crippen LogP contribution in [-0.4, -0.2) is 16.2 Å². The molecule has 2 aliphatic carbocycles. The van der Waals surface area contributed by atoms with E-state index in [1.807, 2.05) is 6.08 Å². The summed E-state index contributed by atoms with van der Waals surface area (Å²) in [5.41, 5.74) is -0.950. The molecule has 2 aliphatic rings. The molecule has 0 aromatic carbocycles. The minimum atomic E-state index is -0.950. The van der Waals surface area contributed by atoms with Crippen LogP contribution in [0.3, 0.4) is 0 Å². The third kappa shape index (κ3) is 1.88. The van der Waals surface area contributed by atoms with Gasteiger partial charge in [-0.3, -0.25) is 14.9 Å². The van der Waals surface area contributed by atoms with Crippen molar-refractivity contribution in [3.05, 3.63) is 22.3 Å². The van der Waals surface area contributed by atoms with Crippen LogP contribution in [0.25, 0.3) is 0 Å². The molecule has 0 aromatic heterocycles. The van der Waals surface area contributed by atoms with E-state index >= 15 is 0 Å². The van der Waals surface area contributed by atoms with E-state index in [0.717, 1.165) is 25.7 Å². The fraction of sp³-hybridized carbons (Fsp3) is 0.750. The number of nitrogens with zero attached hydrogens (tertiary/aromatic N) is 1. The number of hydrogen-bond donors (Lipinski definition) is 0. The first-order valence-corrected chi connectivity index (χ1v) is 5.99. The van der Waals surface area contributed by atoms with Crippen molar-refractivity contribution in [1.29, 1.82) is 0 Å². The Bertz CT molecular complexity index is 337. The number of carbonyl (C=O) groups excluding carboxylic acids is 1. The maximum atomic E-state index is 11.4. The van der Waals surface area contributed by atoms with Crippen LogP contribution < -0.4 is 0 Å². The Morgan fingerprint density at radius 3 is 2.81 bits per heavy atom. The number of hydrogen-bond acceptors (Lipinski definition) is 3. The SMILES string of the molecule is O=C1CCC[C@@H]([C@@]2([N+](=O)[O-])C=CCCC2)C1. The highest BCUT2D eigenvalue weighted by Crippen LogP contribution is 2.39. The molecule has 0 heterocycles. The largest absolute Gasteiger partial charge is 0.300 e. The molecule has 0 unspecified atom stereocenters. The number of carbonyl (C=O) groups is 1. The summed E-state index contributed by atoms with van der Waals surface area (Å²) >= 11 is 0. The molecule has 0 saturated heterocycles. The molecule has 4 heteroatoms. The highest BCUT2D eigenvalue weighted by molar-refractivity contribution is 5.79. The van der Waals surface area contributed by atoms with Gasteiger partial charge in [0.15, 0.2) is 0 Å². The van der Waals surface area contributed by atoms with Gasteiger partial charge in [0, 0.05) is 30.1 Å². The molecule has 0 bridgehead atoms. The van der Waals surface area contributed by atoms with Crippen LogP contribution in [0, 0.1) is 16.0 Å². The molecule has 0 aliphatic heterocycles. The number of rotatable bonds is 2. The zero-order valence-corrected chi connectivity index (χ0v) is 9.35. The van der Waals surface area contributed by atoms with E-state index in [4.69, 9.17) is 0 Å². The molecule has 1 fully saturated rings. The molecule has 0 radical (unpaired) electrons. The third-order valence-electron chi connectivity index (χ3n) is 3.88. The van der Waals surface area contributed by atoms with Gasteiger partial charge in [0.2, 0.25) is 5.54 Å². The third-order valence-corrected chi connectivity index (χ3v) is 3.88. The van der Waals surface area contributed by atoms with Gasteiger partial charge in [-0.05, 0) is 31.8 Å². The summed E-state index contributed by atoms with van der Waals surface area (Å²) < 4.78 is 0. The lowest BCUT2D eigenvalue weighted by molar-refractivity contribution is -0.568. The highest BCUT2D eigenvalue weighted by Gasteiger charge is 2.49. The van der Waals surface area contributed by atoms with E-state index in [2.05, 4.69) is 0 Å². The standard InChI is InChI=1S/C12H17NO3/c14-11-6-4-5-10(9-11)12(13(15)16)7-2-1-3-8-12/h2,7,10H,1,3-6,8-9H2/t10-,12-/m1/s1. The van der Waals surface area contributed by atoms with Gasteiger partial charge in [-0.1, -0.05) is 6.08 Å². The Labute approximate surface area is 94.9 Å². The van der Waals surface area contributed by atoms with Gasteiger partial charge in [0.1, 0.15) is 5.78 Å². The zero-order chi connectivity index (χ0) is 11.6. The molecule has 16 heavy (non-hydrogen) atoms. The lowest BCUT2D eigenvalue weighted by atomic mass is 9.70. The minimum Gasteiger partial charge on any atom is -0.300 e. The summed E-state index contributed by atoms with van der Waals surface area (Å²) in [4.78, 5) is 22.6. The van der Waals surface area contributed by atoms with Crippen LogP contribution in [0.15, 0.2) is 12.2 Å². The van der Waals surface area contributed by atoms with Gasteiger partial charge >= 0.3 is 0 Å². The van der Waals surface area contributed by atoms with Gasteiger partial charge in [-0.15, -0.1) is 0 Å². The summed E-state index contributed by atoms with van der Waals surface area (Å²) in [6, 6.07) is 0. The Balaban J connectivity index is 2.24. The molecule has 88 valence electrons. The molecule has 0 amide bonds. The van der Waals surface area contributed by atoms with Crippen molar-refractivity contribution in [2.45, 2.75) is 50.5 Å². The lowest BCUT2D eigenvalue weighted by Crippen LogP contribution is -2.46. The van der Waals surface area contributed by atoms with Crippen molar-refractivity contribution in [2.75, 3.05) is 0 Å². The van der Waals surface area contributed by atoms with Crippen LogP contribution in [0.4, 0.5) is 0 Å². The van der Waals surface area contributed by atoms with E-state index in [1.165, 1.54) is 0 Å². The molecule has 2 atom stereocenters. The second kappa shape index (κ2) is 4.36. The van der Waals surface area contributed by atoms with Gasteiger partial charge < -0.3 is 0 Å². The fourth-order valence-corrected chi connectivity index (χ4v) is 2.97.